The second kappa shape index (κ2) is 18.8. The molecule has 0 aliphatic heterocycles. The van der Waals surface area contributed by atoms with E-state index in [1.165, 1.54) is 0 Å². The Morgan fingerprint density at radius 1 is 0.812 bits per heavy atom. The number of unbranched alkanes of at least 4 members (excludes halogenated alkanes) is 1. The van der Waals surface area contributed by atoms with E-state index in [0.717, 1.165) is 44.1 Å². The number of guanidine groups is 1. The number of carbonyl (C=O) groups excluding carboxylic acids is 4. The van der Waals surface area contributed by atoms with E-state index in [0.29, 0.717) is 31.6 Å². The fourth-order valence-corrected chi connectivity index (χ4v) is 6.80. The van der Waals surface area contributed by atoms with E-state index in [-0.39, 0.29) is 43.7 Å². The highest BCUT2D eigenvalue weighted by atomic mass is 16.4. The van der Waals surface area contributed by atoms with Crippen LogP contribution in [0, 0.1) is 11.3 Å². The fraction of sp³-hybridized carbons (Fsp3) is 0.636. The van der Waals surface area contributed by atoms with Crippen molar-refractivity contribution < 1.29 is 29.1 Å². The molecule has 0 aromatic heterocycles. The quantitative estimate of drug-likeness (QED) is 0.0525. The summed E-state index contributed by atoms with van der Waals surface area (Å²) >= 11 is 0. The SMILES string of the molecule is NC(=O)C(CCCCNC(=O)O)NC(=O)C(CC12CCC(CC1)CC2)NC(=O)C(CCCN=C(N)N)NC(=O)C(N)Cc1ccccc1. The maximum Gasteiger partial charge on any atom is 0.404 e. The Morgan fingerprint density at radius 2 is 1.40 bits per heavy atom. The summed E-state index contributed by atoms with van der Waals surface area (Å²) < 4.78 is 0. The molecule has 4 rings (SSSR count). The Morgan fingerprint density at radius 3 is 2.00 bits per heavy atom. The molecule has 0 spiro atoms. The standard InChI is InChI=1S/C33H53N9O6/c34-23(19-22-7-2-1-3-8-22)28(44)41-25(10-6-18-38-31(36)37)29(45)42-26(20-33-14-11-21(12-15-33)13-16-33)30(46)40-24(27(35)43)9-4-5-17-39-32(47)48/h1-3,7-8,21,23-26,39H,4-6,9-20,34H2,(H2,35,43)(H,40,46)(H,41,44)(H,42,45)(H,47,48)(H4,36,37,38). The van der Waals surface area contributed by atoms with Crippen molar-refractivity contribution in [3.05, 3.63) is 35.9 Å². The van der Waals surface area contributed by atoms with Crippen molar-refractivity contribution in [3.8, 4) is 0 Å². The van der Waals surface area contributed by atoms with Crippen molar-refractivity contribution in [1.29, 1.82) is 0 Å². The molecule has 13 N–H and O–H groups in total. The number of fused-ring (bicyclic) bond motifs is 3. The van der Waals surface area contributed by atoms with Gasteiger partial charge in [0, 0.05) is 13.1 Å². The van der Waals surface area contributed by atoms with Crippen molar-refractivity contribution in [2.24, 2.45) is 39.3 Å². The minimum Gasteiger partial charge on any atom is -0.465 e. The van der Waals surface area contributed by atoms with Crippen LogP contribution in [-0.4, -0.2) is 78.0 Å². The Kier molecular flexibility index (Phi) is 14.9. The summed E-state index contributed by atoms with van der Waals surface area (Å²) in [4.78, 5) is 67.9. The molecule has 0 heterocycles. The van der Waals surface area contributed by atoms with Crippen LogP contribution in [0.25, 0.3) is 0 Å². The van der Waals surface area contributed by atoms with E-state index >= 15 is 0 Å². The first-order valence-electron chi connectivity index (χ1n) is 16.9. The molecule has 0 radical (unpaired) electrons. The van der Waals surface area contributed by atoms with Crippen LogP contribution in [0.15, 0.2) is 35.3 Å². The minimum absolute atomic E-state index is 0.0923. The molecule has 1 aromatic carbocycles. The third-order valence-corrected chi connectivity index (χ3v) is 9.59. The highest BCUT2D eigenvalue weighted by Crippen LogP contribution is 2.52. The van der Waals surface area contributed by atoms with Crippen molar-refractivity contribution in [2.45, 2.75) is 108 Å². The molecular weight excluding hydrogens is 618 g/mol. The Balaban J connectivity index is 1.75. The third kappa shape index (κ3) is 12.7. The lowest BCUT2D eigenvalue weighted by Crippen LogP contribution is -2.58. The number of nitrogens with one attached hydrogen (secondary N) is 4. The molecular formula is C33H53N9O6. The van der Waals surface area contributed by atoms with Crippen LogP contribution in [0.2, 0.25) is 0 Å². The van der Waals surface area contributed by atoms with Gasteiger partial charge in [0.05, 0.1) is 6.04 Å². The Bertz CT molecular complexity index is 1250. The van der Waals surface area contributed by atoms with Crippen LogP contribution in [0.5, 0.6) is 0 Å². The van der Waals surface area contributed by atoms with E-state index in [2.05, 4.69) is 26.3 Å². The number of hydrogen-bond donors (Lipinski definition) is 9. The number of carboxylic acid groups (broad SMARTS) is 1. The number of amides is 5. The summed E-state index contributed by atoms with van der Waals surface area (Å²) in [5.74, 6) is -1.75. The van der Waals surface area contributed by atoms with E-state index in [9.17, 15) is 24.0 Å². The van der Waals surface area contributed by atoms with Crippen LogP contribution in [-0.2, 0) is 25.6 Å². The summed E-state index contributed by atoms with van der Waals surface area (Å²) in [6.07, 6.45) is 7.19. The lowest BCUT2D eigenvalue weighted by atomic mass is 9.58. The second-order valence-electron chi connectivity index (χ2n) is 13.2. The smallest absolute Gasteiger partial charge is 0.404 e. The molecule has 3 saturated carbocycles. The first kappa shape index (κ1) is 38.1. The van der Waals surface area contributed by atoms with Crippen molar-refractivity contribution in [2.75, 3.05) is 13.1 Å². The molecule has 4 atom stereocenters. The summed E-state index contributed by atoms with van der Waals surface area (Å²) in [6, 6.07) is 5.34. The molecule has 266 valence electrons. The third-order valence-electron chi connectivity index (χ3n) is 9.59. The zero-order valence-electron chi connectivity index (χ0n) is 27.6. The predicted octanol–water partition coefficient (Wildman–Crippen LogP) is 0.348. The zero-order valence-corrected chi connectivity index (χ0v) is 27.6. The zero-order chi connectivity index (χ0) is 35.1. The average Bonchev–Trinajstić information content (AvgIpc) is 3.05. The van der Waals surface area contributed by atoms with Gasteiger partial charge in [-0.25, -0.2) is 4.79 Å². The van der Waals surface area contributed by atoms with Crippen molar-refractivity contribution in [3.63, 3.8) is 0 Å². The normalized spacial score (nSPS) is 20.7. The van der Waals surface area contributed by atoms with E-state index < -0.39 is 53.9 Å². The van der Waals surface area contributed by atoms with Gasteiger partial charge in [-0.1, -0.05) is 30.3 Å². The number of rotatable bonds is 20. The first-order valence-corrected chi connectivity index (χ1v) is 16.9. The predicted molar refractivity (Wildman–Crippen MR) is 181 cm³/mol. The number of aliphatic imine (C=N–C) groups is 1. The molecule has 15 nitrogen and oxygen atoms in total. The highest BCUT2D eigenvalue weighted by Gasteiger charge is 2.43. The van der Waals surface area contributed by atoms with Crippen LogP contribution < -0.4 is 44.2 Å². The topological polar surface area (TPSA) is 270 Å². The average molecular weight is 672 g/mol. The van der Waals surface area contributed by atoms with Gasteiger partial charge in [0.15, 0.2) is 5.96 Å². The second-order valence-corrected chi connectivity index (χ2v) is 13.2. The number of benzene rings is 1. The van der Waals surface area contributed by atoms with Gasteiger partial charge < -0.3 is 49.3 Å². The number of primary amides is 1. The molecule has 3 aliphatic rings. The van der Waals surface area contributed by atoms with Gasteiger partial charge in [-0.05, 0) is 100 Å². The Hall–Kier alpha value is -4.40. The molecule has 2 bridgehead atoms. The summed E-state index contributed by atoms with van der Waals surface area (Å²) in [5.41, 5.74) is 23.5. The van der Waals surface area contributed by atoms with Gasteiger partial charge in [-0.3, -0.25) is 24.2 Å². The molecule has 4 unspecified atom stereocenters. The van der Waals surface area contributed by atoms with Crippen molar-refractivity contribution >= 4 is 35.7 Å². The molecule has 5 amide bonds. The molecule has 15 heteroatoms. The van der Waals surface area contributed by atoms with E-state index in [4.69, 9.17) is 28.0 Å². The maximum atomic E-state index is 13.9. The summed E-state index contributed by atoms with van der Waals surface area (Å²) in [6.45, 7) is 0.427. The maximum absolute atomic E-state index is 13.9. The van der Waals surface area contributed by atoms with Crippen LogP contribution in [0.3, 0.4) is 0 Å². The fourth-order valence-electron chi connectivity index (χ4n) is 6.80. The first-order chi connectivity index (χ1) is 22.9. The van der Waals surface area contributed by atoms with Gasteiger partial charge >= 0.3 is 6.09 Å². The molecule has 3 fully saturated rings. The molecule has 48 heavy (non-hydrogen) atoms. The van der Waals surface area contributed by atoms with Gasteiger partial charge in [0.2, 0.25) is 23.6 Å². The van der Waals surface area contributed by atoms with Gasteiger partial charge in [0.1, 0.15) is 18.1 Å². The summed E-state index contributed by atoms with van der Waals surface area (Å²) in [7, 11) is 0. The number of carbonyl (C=O) groups is 5. The lowest BCUT2D eigenvalue weighted by Gasteiger charge is -2.48. The largest absolute Gasteiger partial charge is 0.465 e. The van der Waals surface area contributed by atoms with Gasteiger partial charge in [0.25, 0.3) is 0 Å². The highest BCUT2D eigenvalue weighted by molar-refractivity contribution is 5.94. The van der Waals surface area contributed by atoms with Crippen LogP contribution >= 0.6 is 0 Å². The molecule has 0 saturated heterocycles. The number of hydrogen-bond acceptors (Lipinski definition) is 7. The summed E-state index contributed by atoms with van der Waals surface area (Å²) in [5, 5.41) is 19.4. The van der Waals surface area contributed by atoms with Crippen molar-refractivity contribution in [1.82, 2.24) is 21.3 Å². The molecule has 3 aliphatic carbocycles. The van der Waals surface area contributed by atoms with Gasteiger partial charge in [-0.2, -0.15) is 0 Å². The minimum atomic E-state index is -1.15. The number of nitrogens with zero attached hydrogens (tertiary/aromatic N) is 1. The number of nitrogens with two attached hydrogens (primary N) is 4. The monoisotopic (exact) mass is 671 g/mol. The lowest BCUT2D eigenvalue weighted by molar-refractivity contribution is -0.134. The Labute approximate surface area is 281 Å². The molecule has 1 aromatic rings. The van der Waals surface area contributed by atoms with E-state index in [1.54, 1.807) is 0 Å². The van der Waals surface area contributed by atoms with Crippen LogP contribution in [0.1, 0.15) is 82.6 Å². The van der Waals surface area contributed by atoms with Gasteiger partial charge in [-0.15, -0.1) is 0 Å². The van der Waals surface area contributed by atoms with Crippen LogP contribution in [0.4, 0.5) is 4.79 Å². The van der Waals surface area contributed by atoms with E-state index in [1.807, 2.05) is 30.3 Å².